The molecule has 0 bridgehead atoms. The quantitative estimate of drug-likeness (QED) is 0.913. The van der Waals surface area contributed by atoms with E-state index in [0.717, 1.165) is 32.2 Å². The molecule has 1 aromatic rings. The number of carbonyl (C=O) groups is 1. The molecule has 2 rings (SSSR count). The maximum atomic E-state index is 13.2. The van der Waals surface area contributed by atoms with E-state index in [9.17, 15) is 13.6 Å². The van der Waals surface area contributed by atoms with Crippen LogP contribution >= 0.6 is 0 Å². The highest BCUT2D eigenvalue weighted by molar-refractivity contribution is 5.89. The number of carbonyl (C=O) groups excluding carboxylic acids is 1. The molecule has 0 saturated carbocycles. The fourth-order valence-electron chi connectivity index (χ4n) is 2.51. The molecule has 1 fully saturated rings. The van der Waals surface area contributed by atoms with Crippen LogP contribution in [0.1, 0.15) is 19.4 Å². The lowest BCUT2D eigenvalue weighted by Crippen LogP contribution is -2.57. The Balaban J connectivity index is 2.09. The van der Waals surface area contributed by atoms with Crippen LogP contribution in [0, 0.1) is 11.6 Å². The van der Waals surface area contributed by atoms with Crippen molar-refractivity contribution in [3.63, 3.8) is 0 Å². The Morgan fingerprint density at radius 1 is 1.20 bits per heavy atom. The number of piperazine rings is 1. The van der Waals surface area contributed by atoms with E-state index in [1.807, 2.05) is 13.8 Å². The predicted molar refractivity (Wildman–Crippen MR) is 73.6 cm³/mol. The van der Waals surface area contributed by atoms with E-state index in [-0.39, 0.29) is 12.2 Å². The van der Waals surface area contributed by atoms with E-state index < -0.39 is 17.2 Å². The molecule has 1 heterocycles. The highest BCUT2D eigenvalue weighted by atomic mass is 19.1. The molecule has 0 atom stereocenters. The van der Waals surface area contributed by atoms with E-state index >= 15 is 0 Å². The first-order chi connectivity index (χ1) is 9.39. The molecule has 0 amide bonds. The summed E-state index contributed by atoms with van der Waals surface area (Å²) in [5, 5.41) is 3.24. The van der Waals surface area contributed by atoms with Crippen molar-refractivity contribution in [1.29, 1.82) is 0 Å². The van der Waals surface area contributed by atoms with Gasteiger partial charge in [0.25, 0.3) is 0 Å². The Kier molecular flexibility index (Phi) is 4.50. The summed E-state index contributed by atoms with van der Waals surface area (Å²) >= 11 is 0. The summed E-state index contributed by atoms with van der Waals surface area (Å²) in [4.78, 5) is 14.6. The Labute approximate surface area is 118 Å². The molecule has 1 saturated heterocycles. The van der Waals surface area contributed by atoms with Gasteiger partial charge in [-0.3, -0.25) is 9.69 Å². The van der Waals surface area contributed by atoms with Gasteiger partial charge in [0.05, 0.1) is 5.54 Å². The fraction of sp³-hybridized carbons (Fsp3) is 0.533. The zero-order valence-corrected chi connectivity index (χ0v) is 11.9. The monoisotopic (exact) mass is 282 g/mol. The molecule has 0 unspecified atom stereocenters. The zero-order chi connectivity index (χ0) is 14.8. The van der Waals surface area contributed by atoms with Crippen LogP contribution in [0.3, 0.4) is 0 Å². The van der Waals surface area contributed by atoms with Crippen molar-refractivity contribution < 1.29 is 13.6 Å². The van der Waals surface area contributed by atoms with Gasteiger partial charge in [0.1, 0.15) is 11.6 Å². The number of hydrogen-bond acceptors (Lipinski definition) is 3. The van der Waals surface area contributed by atoms with Crippen LogP contribution in [0.5, 0.6) is 0 Å². The Bertz CT molecular complexity index is 476. The van der Waals surface area contributed by atoms with Crippen molar-refractivity contribution in [3.8, 4) is 0 Å². The minimum atomic E-state index is -0.646. The lowest BCUT2D eigenvalue weighted by atomic mass is 9.91. The van der Waals surface area contributed by atoms with Gasteiger partial charge in [-0.2, -0.15) is 0 Å². The van der Waals surface area contributed by atoms with Crippen LogP contribution in [0.4, 0.5) is 8.78 Å². The van der Waals surface area contributed by atoms with Crippen LogP contribution in [0.2, 0.25) is 0 Å². The fourth-order valence-corrected chi connectivity index (χ4v) is 2.51. The maximum Gasteiger partial charge on any atom is 0.156 e. The molecule has 5 heteroatoms. The molecule has 110 valence electrons. The summed E-state index contributed by atoms with van der Waals surface area (Å²) in [6.07, 6.45) is 0.0472. The Hall–Kier alpha value is -1.33. The first-order valence-electron chi connectivity index (χ1n) is 6.83. The predicted octanol–water partition coefficient (Wildman–Crippen LogP) is 1.76. The number of Topliss-reactive ketones (excluding diaryl/α,β-unsaturated/α-hetero) is 1. The van der Waals surface area contributed by atoms with E-state index in [4.69, 9.17) is 0 Å². The minimum Gasteiger partial charge on any atom is -0.314 e. The largest absolute Gasteiger partial charge is 0.314 e. The van der Waals surface area contributed by atoms with Crippen LogP contribution in [0.25, 0.3) is 0 Å². The first-order valence-corrected chi connectivity index (χ1v) is 6.83. The van der Waals surface area contributed by atoms with Crippen LogP contribution in [-0.4, -0.2) is 42.4 Å². The molecular formula is C15H20F2N2O. The molecule has 1 aromatic carbocycles. The number of hydrogen-bond donors (Lipinski definition) is 1. The van der Waals surface area contributed by atoms with Crippen molar-refractivity contribution in [2.24, 2.45) is 0 Å². The second-order valence-electron chi connectivity index (χ2n) is 5.67. The van der Waals surface area contributed by atoms with E-state index in [1.165, 1.54) is 12.1 Å². The highest BCUT2D eigenvalue weighted by Gasteiger charge is 2.34. The highest BCUT2D eigenvalue weighted by Crippen LogP contribution is 2.19. The van der Waals surface area contributed by atoms with E-state index in [1.54, 1.807) is 0 Å². The van der Waals surface area contributed by atoms with Gasteiger partial charge in [0.15, 0.2) is 5.78 Å². The summed E-state index contributed by atoms with van der Waals surface area (Å²) in [5.41, 5.74) is -0.235. The van der Waals surface area contributed by atoms with Crippen molar-refractivity contribution in [2.75, 3.05) is 26.2 Å². The molecule has 1 aliphatic heterocycles. The average molecular weight is 282 g/mol. The number of nitrogens with zero attached hydrogens (tertiary/aromatic N) is 1. The number of rotatable bonds is 4. The molecule has 20 heavy (non-hydrogen) atoms. The van der Waals surface area contributed by atoms with Crippen molar-refractivity contribution in [3.05, 3.63) is 35.4 Å². The van der Waals surface area contributed by atoms with Crippen molar-refractivity contribution in [2.45, 2.75) is 25.8 Å². The molecule has 0 aromatic heterocycles. The van der Waals surface area contributed by atoms with Gasteiger partial charge >= 0.3 is 0 Å². The summed E-state index contributed by atoms with van der Waals surface area (Å²) < 4.78 is 26.3. The Morgan fingerprint density at radius 2 is 1.75 bits per heavy atom. The summed E-state index contributed by atoms with van der Waals surface area (Å²) in [7, 11) is 0. The third kappa shape index (κ3) is 3.41. The summed E-state index contributed by atoms with van der Waals surface area (Å²) in [6, 6.07) is 3.25. The van der Waals surface area contributed by atoms with Gasteiger partial charge in [-0.25, -0.2) is 8.78 Å². The van der Waals surface area contributed by atoms with Crippen molar-refractivity contribution >= 4 is 5.78 Å². The third-order valence-corrected chi connectivity index (χ3v) is 3.88. The van der Waals surface area contributed by atoms with Gasteiger partial charge in [-0.15, -0.1) is 0 Å². The smallest absolute Gasteiger partial charge is 0.156 e. The van der Waals surface area contributed by atoms with Gasteiger partial charge in [0.2, 0.25) is 0 Å². The number of ketones is 1. The van der Waals surface area contributed by atoms with Crippen LogP contribution < -0.4 is 5.32 Å². The molecule has 1 N–H and O–H groups in total. The van der Waals surface area contributed by atoms with E-state index in [0.29, 0.717) is 5.56 Å². The van der Waals surface area contributed by atoms with Crippen LogP contribution in [-0.2, 0) is 11.2 Å². The topological polar surface area (TPSA) is 32.3 Å². The molecule has 0 spiro atoms. The van der Waals surface area contributed by atoms with Crippen molar-refractivity contribution in [1.82, 2.24) is 10.2 Å². The summed E-state index contributed by atoms with van der Waals surface area (Å²) in [6.45, 7) is 7.05. The standard InChI is InChI=1S/C15H20F2N2O/c1-15(2,19-5-3-18-4-6-19)14(20)9-11-7-12(16)10-13(17)8-11/h7-8,10,18H,3-6,9H2,1-2H3. The minimum absolute atomic E-state index is 0.0237. The molecule has 0 aliphatic carbocycles. The lowest BCUT2D eigenvalue weighted by molar-refractivity contribution is -0.129. The van der Waals surface area contributed by atoms with Gasteiger partial charge in [0, 0.05) is 38.7 Å². The SMILES string of the molecule is CC(C)(C(=O)Cc1cc(F)cc(F)c1)N1CCNCC1. The van der Waals surface area contributed by atoms with E-state index in [2.05, 4.69) is 10.2 Å². The molecule has 1 aliphatic rings. The lowest BCUT2D eigenvalue weighted by Gasteiger charge is -2.40. The average Bonchev–Trinajstić information content (AvgIpc) is 2.38. The first kappa shape index (κ1) is 15.1. The normalized spacial score (nSPS) is 17.2. The van der Waals surface area contributed by atoms with Gasteiger partial charge < -0.3 is 5.32 Å². The third-order valence-electron chi connectivity index (χ3n) is 3.88. The number of nitrogens with one attached hydrogen (secondary N) is 1. The van der Waals surface area contributed by atoms with Gasteiger partial charge in [-0.05, 0) is 31.5 Å². The molecular weight excluding hydrogens is 262 g/mol. The van der Waals surface area contributed by atoms with Crippen LogP contribution in [0.15, 0.2) is 18.2 Å². The number of benzene rings is 1. The number of halogens is 2. The molecule has 3 nitrogen and oxygen atoms in total. The Morgan fingerprint density at radius 3 is 2.30 bits per heavy atom. The molecule has 0 radical (unpaired) electrons. The second-order valence-corrected chi connectivity index (χ2v) is 5.67. The zero-order valence-electron chi connectivity index (χ0n) is 11.9. The summed E-state index contributed by atoms with van der Waals surface area (Å²) in [5.74, 6) is -1.31. The maximum absolute atomic E-state index is 13.2. The second kappa shape index (κ2) is 5.97. The van der Waals surface area contributed by atoms with Gasteiger partial charge in [-0.1, -0.05) is 0 Å².